The summed E-state index contributed by atoms with van der Waals surface area (Å²) in [6.07, 6.45) is 7.81. The van der Waals surface area contributed by atoms with Crippen LogP contribution in [0.25, 0.3) is 0 Å². The van der Waals surface area contributed by atoms with Crippen LogP contribution in [0, 0.1) is 5.92 Å². The lowest BCUT2D eigenvalue weighted by Crippen LogP contribution is -1.99. The molecular formula is C9H15O. The summed E-state index contributed by atoms with van der Waals surface area (Å²) in [6.45, 7) is 5.70. The topological polar surface area (TPSA) is 17.1 Å². The van der Waals surface area contributed by atoms with Crippen molar-refractivity contribution in [3.63, 3.8) is 0 Å². The third-order valence-corrected chi connectivity index (χ3v) is 1.52. The van der Waals surface area contributed by atoms with Crippen molar-refractivity contribution < 1.29 is 4.79 Å². The Balaban J connectivity index is 3.38. The van der Waals surface area contributed by atoms with Crippen LogP contribution in [0.1, 0.15) is 32.6 Å². The van der Waals surface area contributed by atoms with Crippen LogP contribution >= 0.6 is 0 Å². The Labute approximate surface area is 63.1 Å². The molecule has 0 heterocycles. The van der Waals surface area contributed by atoms with Crippen molar-refractivity contribution in [1.82, 2.24) is 0 Å². The Kier molecular flexibility index (Phi) is 6.14. The van der Waals surface area contributed by atoms with E-state index in [0.717, 1.165) is 25.7 Å². The van der Waals surface area contributed by atoms with Gasteiger partial charge in [0.15, 0.2) is 0 Å². The summed E-state index contributed by atoms with van der Waals surface area (Å²) < 4.78 is 0. The molecule has 1 heteroatoms. The number of hydrogen-bond acceptors (Lipinski definition) is 1. The lowest BCUT2D eigenvalue weighted by Gasteiger charge is -2.03. The van der Waals surface area contributed by atoms with Crippen LogP contribution in [0.4, 0.5) is 0 Å². The molecule has 0 aromatic heterocycles. The highest BCUT2D eigenvalue weighted by Gasteiger charge is 2.03. The third-order valence-electron chi connectivity index (χ3n) is 1.52. The molecular weight excluding hydrogens is 124 g/mol. The van der Waals surface area contributed by atoms with E-state index in [-0.39, 0.29) is 5.92 Å². The van der Waals surface area contributed by atoms with E-state index >= 15 is 0 Å². The normalized spacial score (nSPS) is 12.5. The number of carbonyl (C=O) groups excluding carboxylic acids is 1. The number of allylic oxidation sites excluding steroid dienone is 1. The predicted molar refractivity (Wildman–Crippen MR) is 43.5 cm³/mol. The molecule has 57 valence electrons. The highest BCUT2D eigenvalue weighted by Crippen LogP contribution is 2.09. The second-order valence-electron chi connectivity index (χ2n) is 2.48. The molecule has 1 atom stereocenters. The fourth-order valence-corrected chi connectivity index (χ4v) is 0.877. The van der Waals surface area contributed by atoms with E-state index in [4.69, 9.17) is 0 Å². The molecule has 1 radical (unpaired) electrons. The van der Waals surface area contributed by atoms with Crippen molar-refractivity contribution in [1.29, 1.82) is 0 Å². The maximum absolute atomic E-state index is 10.2. The maximum Gasteiger partial charge on any atom is 0.202 e. The molecule has 0 aliphatic heterocycles. The van der Waals surface area contributed by atoms with Gasteiger partial charge < -0.3 is 0 Å². The largest absolute Gasteiger partial charge is 0.291 e. The van der Waals surface area contributed by atoms with E-state index in [1.807, 2.05) is 6.29 Å². The Morgan fingerprint density at radius 1 is 1.70 bits per heavy atom. The summed E-state index contributed by atoms with van der Waals surface area (Å²) in [6, 6.07) is 0. The Morgan fingerprint density at radius 3 is 2.80 bits per heavy atom. The molecule has 0 saturated carbocycles. The van der Waals surface area contributed by atoms with Gasteiger partial charge in [-0.05, 0) is 12.8 Å². The summed E-state index contributed by atoms with van der Waals surface area (Å²) in [5, 5.41) is 0. The monoisotopic (exact) mass is 139 g/mol. The SMILES string of the molecule is C=CCC([C]=O)CCCC. The standard InChI is InChI=1S/C9H15O/c1-3-5-7-9(8-10)6-4-2/h4,9H,2-3,5-7H2,1H3. The highest BCUT2D eigenvalue weighted by atomic mass is 16.1. The minimum atomic E-state index is 0.0949. The second-order valence-corrected chi connectivity index (χ2v) is 2.48. The molecule has 0 spiro atoms. The van der Waals surface area contributed by atoms with Crippen molar-refractivity contribution in [3.8, 4) is 0 Å². The van der Waals surface area contributed by atoms with Crippen molar-refractivity contribution in [2.75, 3.05) is 0 Å². The molecule has 0 amide bonds. The fourth-order valence-electron chi connectivity index (χ4n) is 0.877. The summed E-state index contributed by atoms with van der Waals surface area (Å²) >= 11 is 0. The summed E-state index contributed by atoms with van der Waals surface area (Å²) in [4.78, 5) is 10.2. The molecule has 0 saturated heterocycles. The maximum atomic E-state index is 10.2. The lowest BCUT2D eigenvalue weighted by atomic mass is 10.0. The first-order valence-electron chi connectivity index (χ1n) is 3.83. The minimum Gasteiger partial charge on any atom is -0.291 e. The average molecular weight is 139 g/mol. The average Bonchev–Trinajstić information content (AvgIpc) is 1.98. The Morgan fingerprint density at radius 2 is 2.40 bits per heavy atom. The zero-order chi connectivity index (χ0) is 7.82. The van der Waals surface area contributed by atoms with E-state index in [0.29, 0.717) is 0 Å². The molecule has 0 rings (SSSR count). The van der Waals surface area contributed by atoms with Crippen LogP contribution in [0.3, 0.4) is 0 Å². The van der Waals surface area contributed by atoms with E-state index in [1.54, 1.807) is 6.08 Å². The summed E-state index contributed by atoms with van der Waals surface area (Å²) in [7, 11) is 0. The summed E-state index contributed by atoms with van der Waals surface area (Å²) in [5.41, 5.74) is 0. The van der Waals surface area contributed by atoms with Crippen LogP contribution in [0.5, 0.6) is 0 Å². The number of rotatable bonds is 6. The fraction of sp³-hybridized carbons (Fsp3) is 0.667. The molecule has 0 aliphatic rings. The van der Waals surface area contributed by atoms with Gasteiger partial charge in [0.05, 0.1) is 0 Å². The van der Waals surface area contributed by atoms with Gasteiger partial charge in [0.1, 0.15) is 0 Å². The van der Waals surface area contributed by atoms with Crippen molar-refractivity contribution in [3.05, 3.63) is 12.7 Å². The van der Waals surface area contributed by atoms with E-state index < -0.39 is 0 Å². The van der Waals surface area contributed by atoms with E-state index in [9.17, 15) is 4.79 Å². The Hall–Kier alpha value is -0.590. The highest BCUT2D eigenvalue weighted by molar-refractivity contribution is 5.54. The molecule has 0 aromatic rings. The zero-order valence-electron chi connectivity index (χ0n) is 6.60. The van der Waals surface area contributed by atoms with Gasteiger partial charge >= 0.3 is 0 Å². The molecule has 0 aliphatic carbocycles. The molecule has 0 bridgehead atoms. The molecule has 0 N–H and O–H groups in total. The first-order chi connectivity index (χ1) is 4.85. The van der Waals surface area contributed by atoms with Crippen LogP contribution < -0.4 is 0 Å². The van der Waals surface area contributed by atoms with Crippen LogP contribution in [-0.4, -0.2) is 6.29 Å². The van der Waals surface area contributed by atoms with Crippen molar-refractivity contribution in [2.24, 2.45) is 5.92 Å². The first kappa shape index (κ1) is 9.41. The molecule has 1 unspecified atom stereocenters. The van der Waals surface area contributed by atoms with Gasteiger partial charge in [-0.1, -0.05) is 25.8 Å². The summed E-state index contributed by atoms with van der Waals surface area (Å²) in [5.74, 6) is 0.0949. The van der Waals surface area contributed by atoms with Gasteiger partial charge in [-0.2, -0.15) is 0 Å². The molecule has 1 nitrogen and oxygen atoms in total. The minimum absolute atomic E-state index is 0.0949. The quantitative estimate of drug-likeness (QED) is 0.517. The smallest absolute Gasteiger partial charge is 0.202 e. The van der Waals surface area contributed by atoms with Gasteiger partial charge in [-0.15, -0.1) is 6.58 Å². The predicted octanol–water partition coefficient (Wildman–Crippen LogP) is 2.48. The van der Waals surface area contributed by atoms with Gasteiger partial charge in [0.25, 0.3) is 0 Å². The molecule has 0 aromatic carbocycles. The second kappa shape index (κ2) is 6.53. The van der Waals surface area contributed by atoms with E-state index in [2.05, 4.69) is 13.5 Å². The number of hydrogen-bond donors (Lipinski definition) is 0. The van der Waals surface area contributed by atoms with Gasteiger partial charge in [0.2, 0.25) is 6.29 Å². The van der Waals surface area contributed by atoms with Crippen LogP contribution in [-0.2, 0) is 4.79 Å². The van der Waals surface area contributed by atoms with Crippen LogP contribution in [0.2, 0.25) is 0 Å². The van der Waals surface area contributed by atoms with Crippen molar-refractivity contribution in [2.45, 2.75) is 32.6 Å². The van der Waals surface area contributed by atoms with Gasteiger partial charge in [-0.25, -0.2) is 0 Å². The molecule has 0 fully saturated rings. The molecule has 10 heavy (non-hydrogen) atoms. The van der Waals surface area contributed by atoms with Gasteiger partial charge in [0, 0.05) is 5.92 Å². The zero-order valence-corrected chi connectivity index (χ0v) is 6.60. The lowest BCUT2D eigenvalue weighted by molar-refractivity contribution is 0.498. The Bertz CT molecular complexity index is 96.9. The first-order valence-corrected chi connectivity index (χ1v) is 3.83. The third kappa shape index (κ3) is 4.30. The van der Waals surface area contributed by atoms with Crippen LogP contribution in [0.15, 0.2) is 12.7 Å². The van der Waals surface area contributed by atoms with E-state index in [1.165, 1.54) is 0 Å². The van der Waals surface area contributed by atoms with Gasteiger partial charge in [-0.3, -0.25) is 4.79 Å². The van der Waals surface area contributed by atoms with Crippen molar-refractivity contribution >= 4 is 6.29 Å². The number of unbranched alkanes of at least 4 members (excludes halogenated alkanes) is 1.